The summed E-state index contributed by atoms with van der Waals surface area (Å²) in [6, 6.07) is 4.98. The fraction of sp³-hybridized carbons (Fsp3) is 0.200. The van der Waals surface area contributed by atoms with Gasteiger partial charge >= 0.3 is 0 Å². The van der Waals surface area contributed by atoms with Crippen LogP contribution in [0.2, 0.25) is 5.02 Å². The van der Waals surface area contributed by atoms with Gasteiger partial charge in [0, 0.05) is 24.1 Å². The highest BCUT2D eigenvalue weighted by molar-refractivity contribution is 9.10. The Morgan fingerprint density at radius 2 is 2.20 bits per heavy atom. The van der Waals surface area contributed by atoms with Gasteiger partial charge in [-0.2, -0.15) is 4.99 Å². The van der Waals surface area contributed by atoms with Gasteiger partial charge in [-0.1, -0.05) is 11.6 Å². The molecule has 0 N–H and O–H groups in total. The molecule has 1 amide bonds. The molecule has 0 radical (unpaired) electrons. The lowest BCUT2D eigenvalue weighted by Gasteiger charge is -2.02. The number of hydrogen-bond acceptors (Lipinski definition) is 1. The molecule has 80 valence electrons. The zero-order chi connectivity index (χ0) is 11.4. The maximum Gasteiger partial charge on any atom is 0.278 e. The maximum atomic E-state index is 11.5. The van der Waals surface area contributed by atoms with Gasteiger partial charge in [0.05, 0.1) is 11.4 Å². The summed E-state index contributed by atoms with van der Waals surface area (Å²) in [6.45, 7) is 0. The van der Waals surface area contributed by atoms with Crippen LogP contribution in [0.3, 0.4) is 0 Å². The molecular formula is C10H10BrClN2O. The minimum atomic E-state index is -0.307. The molecule has 0 fully saturated rings. The molecule has 0 bridgehead atoms. The van der Waals surface area contributed by atoms with Gasteiger partial charge in [0.1, 0.15) is 0 Å². The summed E-state index contributed by atoms with van der Waals surface area (Å²) in [5, 5.41) is 0.501. The predicted octanol–water partition coefficient (Wildman–Crippen LogP) is 2.83. The third-order valence-electron chi connectivity index (χ3n) is 1.57. The summed E-state index contributed by atoms with van der Waals surface area (Å²) in [6.07, 6.45) is 1.46. The van der Waals surface area contributed by atoms with Gasteiger partial charge in [-0.3, -0.25) is 4.79 Å². The van der Waals surface area contributed by atoms with Crippen LogP contribution in [0, 0.1) is 0 Å². The van der Waals surface area contributed by atoms with E-state index < -0.39 is 0 Å². The van der Waals surface area contributed by atoms with E-state index in [4.69, 9.17) is 11.6 Å². The second-order valence-corrected chi connectivity index (χ2v) is 4.40. The molecular weight excluding hydrogens is 279 g/mol. The quantitative estimate of drug-likeness (QED) is 0.619. The summed E-state index contributed by atoms with van der Waals surface area (Å²) >= 11 is 9.11. The zero-order valence-electron chi connectivity index (χ0n) is 8.37. The van der Waals surface area contributed by atoms with Crippen LogP contribution in [0.15, 0.2) is 27.7 Å². The summed E-state index contributed by atoms with van der Waals surface area (Å²) in [5.74, 6) is -0.307. The van der Waals surface area contributed by atoms with E-state index in [9.17, 15) is 4.79 Å². The Balaban J connectivity index is 2.88. The molecule has 1 aromatic rings. The van der Waals surface area contributed by atoms with Crippen LogP contribution in [-0.4, -0.2) is 31.2 Å². The lowest BCUT2D eigenvalue weighted by Crippen LogP contribution is -2.09. The van der Waals surface area contributed by atoms with Crippen LogP contribution in [-0.2, 0) is 0 Å². The van der Waals surface area contributed by atoms with Crippen molar-refractivity contribution in [2.45, 2.75) is 0 Å². The SMILES string of the molecule is CN(C)/C=N/C(=O)c1ccc(Br)c(Cl)c1. The normalized spacial score (nSPS) is 10.7. The fourth-order valence-corrected chi connectivity index (χ4v) is 1.30. The smallest absolute Gasteiger partial charge is 0.278 e. The van der Waals surface area contributed by atoms with Gasteiger partial charge in [-0.05, 0) is 34.1 Å². The van der Waals surface area contributed by atoms with Crippen LogP contribution in [0.1, 0.15) is 10.4 Å². The molecule has 0 heterocycles. The number of carbonyl (C=O) groups is 1. The Bertz CT molecular complexity index is 404. The van der Waals surface area contributed by atoms with Gasteiger partial charge in [-0.25, -0.2) is 0 Å². The van der Waals surface area contributed by atoms with E-state index >= 15 is 0 Å². The van der Waals surface area contributed by atoms with Gasteiger partial charge in [0.2, 0.25) is 0 Å². The number of rotatable bonds is 2. The number of hydrogen-bond donors (Lipinski definition) is 0. The first-order chi connectivity index (χ1) is 7.00. The first-order valence-electron chi connectivity index (χ1n) is 4.20. The van der Waals surface area contributed by atoms with Crippen molar-refractivity contribution < 1.29 is 4.79 Å². The topological polar surface area (TPSA) is 32.7 Å². The first-order valence-corrected chi connectivity index (χ1v) is 5.38. The van der Waals surface area contributed by atoms with Gasteiger partial charge in [-0.15, -0.1) is 0 Å². The van der Waals surface area contributed by atoms with Crippen molar-refractivity contribution >= 4 is 39.8 Å². The molecule has 0 unspecified atom stereocenters. The number of halogens is 2. The minimum absolute atomic E-state index is 0.307. The van der Waals surface area contributed by atoms with E-state index in [0.717, 1.165) is 4.47 Å². The molecule has 0 atom stereocenters. The first kappa shape index (κ1) is 12.2. The lowest BCUT2D eigenvalue weighted by molar-refractivity contribution is 0.100. The fourth-order valence-electron chi connectivity index (χ4n) is 0.872. The molecule has 0 saturated heterocycles. The molecule has 0 spiro atoms. The van der Waals surface area contributed by atoms with E-state index in [0.29, 0.717) is 10.6 Å². The molecule has 0 aromatic heterocycles. The van der Waals surface area contributed by atoms with Crippen molar-refractivity contribution in [3.63, 3.8) is 0 Å². The van der Waals surface area contributed by atoms with E-state index in [2.05, 4.69) is 20.9 Å². The van der Waals surface area contributed by atoms with E-state index in [-0.39, 0.29) is 5.91 Å². The maximum absolute atomic E-state index is 11.5. The molecule has 0 aliphatic carbocycles. The predicted molar refractivity (Wildman–Crippen MR) is 65.7 cm³/mol. The Morgan fingerprint density at radius 3 is 2.73 bits per heavy atom. The van der Waals surface area contributed by atoms with Gasteiger partial charge in [0.25, 0.3) is 5.91 Å². The van der Waals surface area contributed by atoms with Crippen molar-refractivity contribution in [3.8, 4) is 0 Å². The molecule has 0 aliphatic heterocycles. The Kier molecular flexibility index (Phi) is 4.29. The highest BCUT2D eigenvalue weighted by Crippen LogP contribution is 2.23. The van der Waals surface area contributed by atoms with Crippen molar-refractivity contribution in [2.24, 2.45) is 4.99 Å². The van der Waals surface area contributed by atoms with E-state index in [1.807, 2.05) is 0 Å². The molecule has 1 rings (SSSR count). The molecule has 1 aromatic carbocycles. The van der Waals surface area contributed by atoms with Crippen molar-refractivity contribution in [3.05, 3.63) is 33.3 Å². The summed E-state index contributed by atoms with van der Waals surface area (Å²) in [5.41, 5.74) is 0.473. The second-order valence-electron chi connectivity index (χ2n) is 3.14. The molecule has 3 nitrogen and oxygen atoms in total. The Hall–Kier alpha value is -0.870. The third kappa shape index (κ3) is 3.64. The number of nitrogens with zero attached hydrogens (tertiary/aromatic N) is 2. The lowest BCUT2D eigenvalue weighted by atomic mass is 10.2. The molecule has 0 aliphatic rings. The average Bonchev–Trinajstić information content (AvgIpc) is 2.18. The standard InChI is InChI=1S/C10H10BrClN2O/c1-14(2)6-13-10(15)7-3-4-8(11)9(12)5-7/h3-6H,1-2H3/b13-6+. The Labute approximate surface area is 102 Å². The highest BCUT2D eigenvalue weighted by Gasteiger charge is 2.05. The van der Waals surface area contributed by atoms with Gasteiger partial charge in [0.15, 0.2) is 0 Å². The number of amides is 1. The van der Waals surface area contributed by atoms with E-state index in [1.54, 1.807) is 37.2 Å². The second kappa shape index (κ2) is 5.28. The minimum Gasteiger partial charge on any atom is -0.369 e. The summed E-state index contributed by atoms with van der Waals surface area (Å²) in [7, 11) is 3.59. The zero-order valence-corrected chi connectivity index (χ0v) is 10.7. The van der Waals surface area contributed by atoms with Crippen LogP contribution < -0.4 is 0 Å². The largest absolute Gasteiger partial charge is 0.369 e. The van der Waals surface area contributed by atoms with Crippen LogP contribution >= 0.6 is 27.5 Å². The summed E-state index contributed by atoms with van der Waals surface area (Å²) < 4.78 is 0.761. The number of carbonyl (C=O) groups excluding carboxylic acids is 1. The summed E-state index contributed by atoms with van der Waals surface area (Å²) in [4.78, 5) is 17.0. The van der Waals surface area contributed by atoms with Gasteiger partial charge < -0.3 is 4.90 Å². The van der Waals surface area contributed by atoms with Crippen LogP contribution in [0.5, 0.6) is 0 Å². The molecule has 0 saturated carbocycles. The average molecular weight is 290 g/mol. The number of aliphatic imine (C=N–C) groups is 1. The van der Waals surface area contributed by atoms with Crippen LogP contribution in [0.25, 0.3) is 0 Å². The van der Waals surface area contributed by atoms with Crippen molar-refractivity contribution in [2.75, 3.05) is 14.1 Å². The monoisotopic (exact) mass is 288 g/mol. The van der Waals surface area contributed by atoms with Crippen molar-refractivity contribution in [1.29, 1.82) is 0 Å². The molecule has 15 heavy (non-hydrogen) atoms. The van der Waals surface area contributed by atoms with Crippen molar-refractivity contribution in [1.82, 2.24) is 4.90 Å². The van der Waals surface area contributed by atoms with E-state index in [1.165, 1.54) is 6.34 Å². The Morgan fingerprint density at radius 1 is 1.53 bits per heavy atom. The third-order valence-corrected chi connectivity index (χ3v) is 2.80. The highest BCUT2D eigenvalue weighted by atomic mass is 79.9. The number of benzene rings is 1. The molecule has 5 heteroatoms. The van der Waals surface area contributed by atoms with Crippen LogP contribution in [0.4, 0.5) is 0 Å².